The fourth-order valence-electron chi connectivity index (χ4n) is 1.05. The molecule has 0 aromatic carbocycles. The van der Waals surface area contributed by atoms with Crippen molar-refractivity contribution in [2.24, 2.45) is 5.92 Å². The van der Waals surface area contributed by atoms with Crippen molar-refractivity contribution in [3.63, 3.8) is 0 Å². The van der Waals surface area contributed by atoms with Crippen LogP contribution in [0.5, 0.6) is 0 Å². The Kier molecular flexibility index (Phi) is 3.59. The predicted molar refractivity (Wildman–Crippen MR) is 47.1 cm³/mol. The van der Waals surface area contributed by atoms with E-state index in [2.05, 4.69) is 0 Å². The molecule has 0 bridgehead atoms. The van der Waals surface area contributed by atoms with E-state index in [4.69, 9.17) is 4.74 Å². The molecule has 1 aliphatic heterocycles. The van der Waals surface area contributed by atoms with Gasteiger partial charge in [-0.05, 0) is 0 Å². The zero-order chi connectivity index (χ0) is 8.97. The molecular weight excluding hydrogens is 176 g/mol. The molecular formula is C8H12O3S. The van der Waals surface area contributed by atoms with Crippen molar-refractivity contribution in [1.29, 1.82) is 0 Å². The molecule has 1 atom stereocenters. The molecule has 1 fully saturated rings. The van der Waals surface area contributed by atoms with Gasteiger partial charge in [0, 0.05) is 24.9 Å². The molecule has 3 nitrogen and oxygen atoms in total. The maximum Gasteiger partial charge on any atom is 0.302 e. The van der Waals surface area contributed by atoms with E-state index in [1.54, 1.807) is 11.8 Å². The minimum Gasteiger partial charge on any atom is -0.465 e. The number of thioether (sulfide) groups is 1. The van der Waals surface area contributed by atoms with Gasteiger partial charge in [0.2, 0.25) is 0 Å². The van der Waals surface area contributed by atoms with Crippen LogP contribution >= 0.6 is 11.8 Å². The van der Waals surface area contributed by atoms with Gasteiger partial charge in [-0.15, -0.1) is 0 Å². The number of rotatable bonds is 2. The summed E-state index contributed by atoms with van der Waals surface area (Å²) < 4.78 is 4.78. The molecule has 1 heterocycles. The van der Waals surface area contributed by atoms with Gasteiger partial charge in [-0.2, -0.15) is 11.8 Å². The summed E-state index contributed by atoms with van der Waals surface area (Å²) in [6, 6.07) is 0. The van der Waals surface area contributed by atoms with Crippen LogP contribution in [0.4, 0.5) is 0 Å². The van der Waals surface area contributed by atoms with Gasteiger partial charge >= 0.3 is 5.97 Å². The van der Waals surface area contributed by atoms with Crippen LogP contribution in [0.15, 0.2) is 0 Å². The summed E-state index contributed by atoms with van der Waals surface area (Å²) in [5.74, 6) is 1.57. The first-order valence-corrected chi connectivity index (χ1v) is 5.09. The van der Waals surface area contributed by atoms with Crippen molar-refractivity contribution in [2.75, 3.05) is 18.1 Å². The number of hydrogen-bond acceptors (Lipinski definition) is 4. The van der Waals surface area contributed by atoms with Crippen LogP contribution in [0.1, 0.15) is 13.3 Å². The first kappa shape index (κ1) is 9.58. The van der Waals surface area contributed by atoms with E-state index in [-0.39, 0.29) is 24.3 Å². The minimum atomic E-state index is -0.307. The lowest BCUT2D eigenvalue weighted by Crippen LogP contribution is -2.27. The van der Waals surface area contributed by atoms with E-state index >= 15 is 0 Å². The van der Waals surface area contributed by atoms with Crippen molar-refractivity contribution in [2.45, 2.75) is 13.3 Å². The third-order valence-corrected chi connectivity index (χ3v) is 2.89. The van der Waals surface area contributed by atoms with Crippen LogP contribution in [0.3, 0.4) is 0 Å². The first-order valence-electron chi connectivity index (χ1n) is 3.94. The van der Waals surface area contributed by atoms with Crippen LogP contribution in [-0.4, -0.2) is 29.9 Å². The van der Waals surface area contributed by atoms with Gasteiger partial charge in [0.25, 0.3) is 0 Å². The van der Waals surface area contributed by atoms with Gasteiger partial charge in [0.1, 0.15) is 12.4 Å². The number of carbonyl (C=O) groups is 2. The fourth-order valence-corrected chi connectivity index (χ4v) is 2.13. The van der Waals surface area contributed by atoms with Crippen molar-refractivity contribution in [3.05, 3.63) is 0 Å². The molecule has 0 amide bonds. The van der Waals surface area contributed by atoms with E-state index in [1.807, 2.05) is 0 Å². The van der Waals surface area contributed by atoms with E-state index in [1.165, 1.54) is 6.92 Å². The van der Waals surface area contributed by atoms with Gasteiger partial charge in [0.15, 0.2) is 0 Å². The zero-order valence-electron chi connectivity index (χ0n) is 7.04. The summed E-state index contributed by atoms with van der Waals surface area (Å²) in [6.07, 6.45) is 0.622. The Morgan fingerprint density at radius 1 is 1.75 bits per heavy atom. The normalized spacial score (nSPS) is 23.8. The van der Waals surface area contributed by atoms with Crippen LogP contribution in [0, 0.1) is 5.92 Å². The lowest BCUT2D eigenvalue weighted by atomic mass is 10.1. The van der Waals surface area contributed by atoms with E-state index in [9.17, 15) is 9.59 Å². The summed E-state index contributed by atoms with van der Waals surface area (Å²) in [5, 5.41) is 0. The van der Waals surface area contributed by atoms with Crippen molar-refractivity contribution < 1.29 is 14.3 Å². The molecule has 0 aromatic heterocycles. The SMILES string of the molecule is CC(=O)OCC1CSCCC1=O. The number of ketones is 1. The second-order valence-corrected chi connectivity index (χ2v) is 3.94. The number of hydrogen-bond donors (Lipinski definition) is 0. The van der Waals surface area contributed by atoms with Gasteiger partial charge in [0.05, 0.1) is 5.92 Å². The molecule has 0 aromatic rings. The van der Waals surface area contributed by atoms with Crippen LogP contribution < -0.4 is 0 Å². The molecule has 0 radical (unpaired) electrons. The van der Waals surface area contributed by atoms with E-state index in [0.717, 1.165) is 11.5 Å². The Morgan fingerprint density at radius 2 is 2.50 bits per heavy atom. The standard InChI is InChI=1S/C8H12O3S/c1-6(9)11-4-7-5-12-3-2-8(7)10/h7H,2-5H2,1H3. The summed E-state index contributed by atoms with van der Waals surface area (Å²) in [4.78, 5) is 21.7. The summed E-state index contributed by atoms with van der Waals surface area (Å²) >= 11 is 1.75. The van der Waals surface area contributed by atoms with Gasteiger partial charge in [-0.1, -0.05) is 0 Å². The second kappa shape index (κ2) is 4.50. The Hall–Kier alpha value is -0.510. The smallest absolute Gasteiger partial charge is 0.302 e. The summed E-state index contributed by atoms with van der Waals surface area (Å²) in [5.41, 5.74) is 0. The predicted octanol–water partition coefficient (Wildman–Crippen LogP) is 0.872. The van der Waals surface area contributed by atoms with Crippen molar-refractivity contribution in [3.8, 4) is 0 Å². The maximum atomic E-state index is 11.2. The summed E-state index contributed by atoms with van der Waals surface area (Å²) in [6.45, 7) is 1.63. The number of carbonyl (C=O) groups excluding carboxylic acids is 2. The fraction of sp³-hybridized carbons (Fsp3) is 0.750. The van der Waals surface area contributed by atoms with E-state index in [0.29, 0.717) is 6.42 Å². The minimum absolute atomic E-state index is 0.0624. The highest BCUT2D eigenvalue weighted by Gasteiger charge is 2.23. The van der Waals surface area contributed by atoms with Crippen molar-refractivity contribution in [1.82, 2.24) is 0 Å². The molecule has 1 unspecified atom stereocenters. The monoisotopic (exact) mass is 188 g/mol. The highest BCUT2D eigenvalue weighted by atomic mass is 32.2. The third kappa shape index (κ3) is 2.85. The molecule has 0 aliphatic carbocycles. The summed E-state index contributed by atoms with van der Waals surface area (Å²) in [7, 11) is 0. The van der Waals surface area contributed by atoms with Gasteiger partial charge < -0.3 is 4.74 Å². The number of Topliss-reactive ketones (excluding diaryl/α,β-unsaturated/α-hetero) is 1. The Bertz CT molecular complexity index is 191. The lowest BCUT2D eigenvalue weighted by molar-refractivity contribution is -0.143. The zero-order valence-corrected chi connectivity index (χ0v) is 7.86. The van der Waals surface area contributed by atoms with Gasteiger partial charge in [-0.25, -0.2) is 0 Å². The average molecular weight is 188 g/mol. The highest BCUT2D eigenvalue weighted by Crippen LogP contribution is 2.19. The molecule has 1 saturated heterocycles. The Labute approximate surface area is 75.8 Å². The average Bonchev–Trinajstić information content (AvgIpc) is 2.03. The lowest BCUT2D eigenvalue weighted by Gasteiger charge is -2.19. The molecule has 12 heavy (non-hydrogen) atoms. The number of esters is 1. The highest BCUT2D eigenvalue weighted by molar-refractivity contribution is 7.99. The molecule has 1 aliphatic rings. The molecule has 4 heteroatoms. The largest absolute Gasteiger partial charge is 0.465 e. The second-order valence-electron chi connectivity index (χ2n) is 2.79. The van der Waals surface area contributed by atoms with Crippen LogP contribution in [0.2, 0.25) is 0 Å². The number of ether oxygens (including phenoxy) is 1. The first-order chi connectivity index (χ1) is 5.70. The maximum absolute atomic E-state index is 11.2. The van der Waals surface area contributed by atoms with Gasteiger partial charge in [-0.3, -0.25) is 9.59 Å². The molecule has 1 rings (SSSR count). The molecule has 0 spiro atoms. The van der Waals surface area contributed by atoms with E-state index < -0.39 is 0 Å². The van der Waals surface area contributed by atoms with Crippen LogP contribution in [0.25, 0.3) is 0 Å². The Balaban J connectivity index is 2.29. The quantitative estimate of drug-likeness (QED) is 0.603. The Morgan fingerprint density at radius 3 is 3.08 bits per heavy atom. The topological polar surface area (TPSA) is 43.4 Å². The molecule has 0 N–H and O–H groups in total. The van der Waals surface area contributed by atoms with Crippen LogP contribution in [-0.2, 0) is 14.3 Å². The third-order valence-electron chi connectivity index (χ3n) is 1.75. The molecule has 0 saturated carbocycles. The molecule has 68 valence electrons. The van der Waals surface area contributed by atoms with Crippen molar-refractivity contribution >= 4 is 23.5 Å².